The maximum Gasteiger partial charge on any atom is 0.257 e. The van der Waals surface area contributed by atoms with E-state index in [0.717, 1.165) is 17.1 Å². The Kier molecular flexibility index (Phi) is 4.52. The van der Waals surface area contributed by atoms with Crippen LogP contribution in [-0.4, -0.2) is 25.4 Å². The zero-order valence-electron chi connectivity index (χ0n) is 15.6. The predicted molar refractivity (Wildman–Crippen MR) is 107 cm³/mol. The maximum absolute atomic E-state index is 12.8. The van der Waals surface area contributed by atoms with Crippen molar-refractivity contribution in [1.29, 1.82) is 0 Å². The van der Waals surface area contributed by atoms with Crippen LogP contribution < -0.4 is 5.32 Å². The van der Waals surface area contributed by atoms with Gasteiger partial charge in [-0.2, -0.15) is 5.10 Å². The summed E-state index contributed by atoms with van der Waals surface area (Å²) < 4.78 is 8.67. The van der Waals surface area contributed by atoms with Gasteiger partial charge < -0.3 is 9.84 Å². The number of nitrogens with zero attached hydrogens (tertiary/aromatic N) is 4. The first-order chi connectivity index (χ1) is 13.4. The highest BCUT2D eigenvalue weighted by molar-refractivity contribution is 6.32. The Morgan fingerprint density at radius 3 is 2.68 bits per heavy atom. The fourth-order valence-corrected chi connectivity index (χ4v) is 3.38. The smallest absolute Gasteiger partial charge is 0.257 e. The number of anilines is 1. The van der Waals surface area contributed by atoms with Crippen molar-refractivity contribution >= 4 is 23.2 Å². The van der Waals surface area contributed by atoms with Gasteiger partial charge in [-0.15, -0.1) is 0 Å². The number of aryl methyl sites for hydroxylation is 2. The minimum Gasteiger partial charge on any atom is -0.360 e. The standard InChI is InChI=1S/C20H18ClN5O2/c1-12-8-16(14(3)26(12)19-9-13(2)28-24-19)20(27)23-15-10-22-25(11-15)18-7-5-4-6-17(18)21/h4-11H,1-3H3,(H,23,27). The molecule has 0 unspecified atom stereocenters. The molecule has 4 rings (SSSR count). The number of carbonyl (C=O) groups is 1. The zero-order chi connectivity index (χ0) is 19.8. The second kappa shape index (κ2) is 7.01. The van der Waals surface area contributed by atoms with Crippen LogP contribution in [0.25, 0.3) is 11.5 Å². The highest BCUT2D eigenvalue weighted by Gasteiger charge is 2.19. The first-order valence-corrected chi connectivity index (χ1v) is 9.05. The van der Waals surface area contributed by atoms with Gasteiger partial charge in [-0.3, -0.25) is 9.36 Å². The molecule has 0 bridgehead atoms. The second-order valence-corrected chi connectivity index (χ2v) is 6.90. The van der Waals surface area contributed by atoms with Gasteiger partial charge in [0.1, 0.15) is 5.76 Å². The molecule has 0 saturated carbocycles. The molecule has 7 nitrogen and oxygen atoms in total. The van der Waals surface area contributed by atoms with Crippen LogP contribution in [0.4, 0.5) is 5.69 Å². The van der Waals surface area contributed by atoms with Crippen molar-refractivity contribution in [1.82, 2.24) is 19.5 Å². The van der Waals surface area contributed by atoms with Crippen LogP contribution in [0.5, 0.6) is 0 Å². The van der Waals surface area contributed by atoms with Gasteiger partial charge in [-0.25, -0.2) is 4.68 Å². The van der Waals surface area contributed by atoms with Crippen LogP contribution in [0.2, 0.25) is 5.02 Å². The fourth-order valence-electron chi connectivity index (χ4n) is 3.16. The zero-order valence-corrected chi connectivity index (χ0v) is 16.4. The third-order valence-corrected chi connectivity index (χ3v) is 4.78. The van der Waals surface area contributed by atoms with Crippen molar-refractivity contribution in [2.75, 3.05) is 5.32 Å². The van der Waals surface area contributed by atoms with E-state index >= 15 is 0 Å². The first-order valence-electron chi connectivity index (χ1n) is 8.67. The number of benzene rings is 1. The summed E-state index contributed by atoms with van der Waals surface area (Å²) in [5.41, 5.74) is 3.55. The van der Waals surface area contributed by atoms with E-state index in [9.17, 15) is 4.79 Å². The summed E-state index contributed by atoms with van der Waals surface area (Å²) in [6.07, 6.45) is 3.31. The summed E-state index contributed by atoms with van der Waals surface area (Å²) in [5, 5.41) is 11.8. The molecule has 0 fully saturated rings. The SMILES string of the molecule is Cc1cc(-n2c(C)cc(C(=O)Nc3cnn(-c4ccccc4Cl)c3)c2C)no1. The first kappa shape index (κ1) is 18.1. The van der Waals surface area contributed by atoms with Crippen molar-refractivity contribution in [3.8, 4) is 11.5 Å². The minimum atomic E-state index is -0.224. The quantitative estimate of drug-likeness (QED) is 0.552. The lowest BCUT2D eigenvalue weighted by Gasteiger charge is -2.06. The Balaban J connectivity index is 1.59. The number of amides is 1. The predicted octanol–water partition coefficient (Wildman–Crippen LogP) is 4.48. The molecule has 0 aliphatic heterocycles. The number of para-hydroxylation sites is 1. The average Bonchev–Trinajstić information content (AvgIpc) is 3.35. The maximum atomic E-state index is 12.8. The van der Waals surface area contributed by atoms with Crippen LogP contribution in [0.1, 0.15) is 27.5 Å². The molecule has 1 amide bonds. The van der Waals surface area contributed by atoms with Gasteiger partial charge in [-0.05, 0) is 39.0 Å². The van der Waals surface area contributed by atoms with E-state index in [1.54, 1.807) is 23.1 Å². The lowest BCUT2D eigenvalue weighted by Crippen LogP contribution is -2.12. The van der Waals surface area contributed by atoms with Gasteiger partial charge in [-0.1, -0.05) is 28.9 Å². The van der Waals surface area contributed by atoms with E-state index in [0.29, 0.717) is 27.9 Å². The molecular weight excluding hydrogens is 378 g/mol. The van der Waals surface area contributed by atoms with E-state index in [1.807, 2.05) is 55.7 Å². The molecule has 8 heteroatoms. The summed E-state index contributed by atoms with van der Waals surface area (Å²) in [6.45, 7) is 5.62. The Bertz CT molecular complexity index is 1170. The lowest BCUT2D eigenvalue weighted by atomic mass is 10.2. The molecular formula is C20H18ClN5O2. The Labute approximate surface area is 166 Å². The van der Waals surface area contributed by atoms with Crippen molar-refractivity contribution in [3.05, 3.63) is 76.5 Å². The van der Waals surface area contributed by atoms with Crippen LogP contribution in [0.3, 0.4) is 0 Å². The normalized spacial score (nSPS) is 11.0. The minimum absolute atomic E-state index is 0.224. The Morgan fingerprint density at radius 1 is 1.18 bits per heavy atom. The number of hydrogen-bond acceptors (Lipinski definition) is 4. The van der Waals surface area contributed by atoms with Crippen molar-refractivity contribution in [2.24, 2.45) is 0 Å². The summed E-state index contributed by atoms with van der Waals surface area (Å²) in [4.78, 5) is 12.8. The molecule has 0 atom stereocenters. The molecule has 0 saturated heterocycles. The Hall–Kier alpha value is -3.32. The molecule has 3 aromatic heterocycles. The van der Waals surface area contributed by atoms with Gasteiger partial charge in [0, 0.05) is 17.5 Å². The number of hydrogen-bond donors (Lipinski definition) is 1. The average molecular weight is 396 g/mol. The number of carbonyl (C=O) groups excluding carboxylic acids is 1. The van der Waals surface area contributed by atoms with Crippen molar-refractivity contribution < 1.29 is 9.32 Å². The summed E-state index contributed by atoms with van der Waals surface area (Å²) in [7, 11) is 0. The van der Waals surface area contributed by atoms with Gasteiger partial charge in [0.2, 0.25) is 0 Å². The summed E-state index contributed by atoms with van der Waals surface area (Å²) in [5.74, 6) is 1.14. The molecule has 0 aliphatic rings. The number of aromatic nitrogens is 4. The van der Waals surface area contributed by atoms with Crippen LogP contribution in [0.15, 0.2) is 53.3 Å². The molecule has 4 aromatic rings. The van der Waals surface area contributed by atoms with E-state index in [-0.39, 0.29) is 5.91 Å². The van der Waals surface area contributed by atoms with E-state index in [2.05, 4.69) is 15.6 Å². The molecule has 0 spiro atoms. The molecule has 1 N–H and O–H groups in total. The molecule has 28 heavy (non-hydrogen) atoms. The largest absolute Gasteiger partial charge is 0.360 e. The monoisotopic (exact) mass is 395 g/mol. The highest BCUT2D eigenvalue weighted by Crippen LogP contribution is 2.23. The summed E-state index contributed by atoms with van der Waals surface area (Å²) in [6, 6.07) is 11.0. The molecule has 3 heterocycles. The van der Waals surface area contributed by atoms with E-state index in [4.69, 9.17) is 16.1 Å². The molecule has 0 aliphatic carbocycles. The van der Waals surface area contributed by atoms with Gasteiger partial charge in [0.05, 0.1) is 34.4 Å². The van der Waals surface area contributed by atoms with E-state index in [1.165, 1.54) is 0 Å². The lowest BCUT2D eigenvalue weighted by molar-refractivity contribution is 0.102. The number of halogens is 1. The number of rotatable bonds is 4. The van der Waals surface area contributed by atoms with E-state index < -0.39 is 0 Å². The van der Waals surface area contributed by atoms with Crippen LogP contribution in [0, 0.1) is 20.8 Å². The van der Waals surface area contributed by atoms with Gasteiger partial charge in [0.15, 0.2) is 5.82 Å². The van der Waals surface area contributed by atoms with Gasteiger partial charge >= 0.3 is 0 Å². The molecule has 1 aromatic carbocycles. The van der Waals surface area contributed by atoms with Crippen molar-refractivity contribution in [3.63, 3.8) is 0 Å². The fraction of sp³-hybridized carbons (Fsp3) is 0.150. The Morgan fingerprint density at radius 2 is 1.96 bits per heavy atom. The molecule has 0 radical (unpaired) electrons. The molecule has 142 valence electrons. The topological polar surface area (TPSA) is 77.9 Å². The summed E-state index contributed by atoms with van der Waals surface area (Å²) >= 11 is 6.21. The highest BCUT2D eigenvalue weighted by atomic mass is 35.5. The second-order valence-electron chi connectivity index (χ2n) is 6.50. The third-order valence-electron chi connectivity index (χ3n) is 4.46. The third kappa shape index (κ3) is 3.20. The van der Waals surface area contributed by atoms with Gasteiger partial charge in [0.25, 0.3) is 5.91 Å². The van der Waals surface area contributed by atoms with Crippen LogP contribution >= 0.6 is 11.6 Å². The van der Waals surface area contributed by atoms with Crippen molar-refractivity contribution in [2.45, 2.75) is 20.8 Å². The van der Waals surface area contributed by atoms with Crippen LogP contribution in [-0.2, 0) is 0 Å². The number of nitrogens with one attached hydrogen (secondary N) is 1.